The van der Waals surface area contributed by atoms with Gasteiger partial charge in [0.1, 0.15) is 30.2 Å². The number of hydrogen-bond donors (Lipinski definition) is 0. The molecule has 0 bridgehead atoms. The highest BCUT2D eigenvalue weighted by molar-refractivity contribution is 5.69. The summed E-state index contributed by atoms with van der Waals surface area (Å²) < 4.78 is 26.0. The van der Waals surface area contributed by atoms with Crippen molar-refractivity contribution in [1.82, 2.24) is 24.4 Å². The molecule has 0 saturated carbocycles. The molecule has 2 saturated heterocycles. The summed E-state index contributed by atoms with van der Waals surface area (Å²) in [6.45, 7) is 12.0. The summed E-state index contributed by atoms with van der Waals surface area (Å²) in [4.78, 5) is 26.9. The maximum Gasteiger partial charge on any atom is 0.305 e. The largest absolute Gasteiger partial charge is 0.466 e. The number of esters is 1. The maximum atomic E-state index is 11.6. The summed E-state index contributed by atoms with van der Waals surface area (Å²) in [6.07, 6.45) is 6.06. The molecule has 0 spiro atoms. The monoisotopic (exact) mass is 461 g/mol. The fourth-order valence-corrected chi connectivity index (χ4v) is 4.61. The molecule has 2 aromatic rings. The minimum atomic E-state index is -0.691. The van der Waals surface area contributed by atoms with Gasteiger partial charge in [-0.25, -0.2) is 15.0 Å². The molecule has 33 heavy (non-hydrogen) atoms. The van der Waals surface area contributed by atoms with E-state index in [9.17, 15) is 4.79 Å². The number of aromatic nitrogens is 4. The summed E-state index contributed by atoms with van der Waals surface area (Å²) in [5.41, 5.74) is 1.42. The Kier molecular flexibility index (Phi) is 7.28. The number of fused-ring (bicyclic) bond motifs is 2. The predicted molar refractivity (Wildman–Crippen MR) is 120 cm³/mol. The molecule has 2 aromatic heterocycles. The maximum absolute atomic E-state index is 11.6. The van der Waals surface area contributed by atoms with Gasteiger partial charge in [0.25, 0.3) is 0 Å². The Morgan fingerprint density at radius 2 is 2.03 bits per heavy atom. The van der Waals surface area contributed by atoms with Gasteiger partial charge in [0.2, 0.25) is 0 Å². The van der Waals surface area contributed by atoms with E-state index in [1.54, 1.807) is 12.5 Å². The van der Waals surface area contributed by atoms with Crippen LogP contribution in [0.25, 0.3) is 11.2 Å². The lowest BCUT2D eigenvalue weighted by atomic mass is 10.1. The average molecular weight is 462 g/mol. The van der Waals surface area contributed by atoms with Crippen molar-refractivity contribution in [3.8, 4) is 0 Å². The number of unbranched alkanes of at least 4 members (excludes halogenated alkanes) is 1. The van der Waals surface area contributed by atoms with Gasteiger partial charge in [0.15, 0.2) is 17.7 Å². The molecule has 182 valence electrons. The molecule has 4 atom stereocenters. The van der Waals surface area contributed by atoms with Gasteiger partial charge in [-0.05, 0) is 54.0 Å². The van der Waals surface area contributed by atoms with Gasteiger partial charge < -0.3 is 18.9 Å². The van der Waals surface area contributed by atoms with Crippen LogP contribution in [-0.4, -0.2) is 80.2 Å². The third-order valence-electron chi connectivity index (χ3n) is 6.16. The van der Waals surface area contributed by atoms with Crippen LogP contribution in [0.2, 0.25) is 0 Å². The van der Waals surface area contributed by atoms with Crippen molar-refractivity contribution in [3.05, 3.63) is 18.9 Å². The standard InChI is InChI=1S/C23H35N5O5/c1-6-30-18(29)9-7-8-10-27(15(2)3)12-17-19-20(33-23(4,5)32-19)22(31-17)28-14-26-16-11-24-13-25-21(16)28/h11,13-15,17,19-20,22H,6-10,12H2,1-5H3/t17-,19-,20-,22-/m1/s1. The Hall–Kier alpha value is -2.14. The Morgan fingerprint density at radius 3 is 2.79 bits per heavy atom. The highest BCUT2D eigenvalue weighted by Crippen LogP contribution is 2.44. The highest BCUT2D eigenvalue weighted by atomic mass is 16.8. The molecule has 0 unspecified atom stereocenters. The van der Waals surface area contributed by atoms with Crippen LogP contribution < -0.4 is 0 Å². The fraction of sp³-hybridized carbons (Fsp3) is 0.739. The zero-order valence-corrected chi connectivity index (χ0v) is 20.1. The van der Waals surface area contributed by atoms with E-state index < -0.39 is 5.79 Å². The SMILES string of the molecule is CCOC(=O)CCCCN(C[C@H]1O[C@@H](n2cnc3cncnc32)[C@@H]2OC(C)(C)O[C@@H]21)C(C)C. The second-order valence-electron chi connectivity index (χ2n) is 9.36. The van der Waals surface area contributed by atoms with E-state index in [2.05, 4.69) is 33.7 Å². The zero-order chi connectivity index (χ0) is 23.6. The highest BCUT2D eigenvalue weighted by Gasteiger charge is 2.56. The lowest BCUT2D eigenvalue weighted by Gasteiger charge is -2.31. The number of hydrogen-bond acceptors (Lipinski definition) is 9. The van der Waals surface area contributed by atoms with Crippen molar-refractivity contribution >= 4 is 17.1 Å². The second kappa shape index (κ2) is 10.0. The van der Waals surface area contributed by atoms with Gasteiger partial charge in [-0.1, -0.05) is 0 Å². The molecular weight excluding hydrogens is 426 g/mol. The number of rotatable bonds is 10. The van der Waals surface area contributed by atoms with Crippen molar-refractivity contribution in [2.24, 2.45) is 0 Å². The van der Waals surface area contributed by atoms with Crippen LogP contribution in [0.15, 0.2) is 18.9 Å². The molecule has 4 rings (SSSR count). The first-order valence-electron chi connectivity index (χ1n) is 11.8. The van der Waals surface area contributed by atoms with E-state index in [0.29, 0.717) is 36.8 Å². The first kappa shape index (κ1) is 24.0. The topological polar surface area (TPSA) is 101 Å². The zero-order valence-electron chi connectivity index (χ0n) is 20.1. The van der Waals surface area contributed by atoms with Crippen LogP contribution in [0.4, 0.5) is 0 Å². The smallest absolute Gasteiger partial charge is 0.305 e. The Morgan fingerprint density at radius 1 is 1.24 bits per heavy atom. The van der Waals surface area contributed by atoms with Crippen LogP contribution >= 0.6 is 0 Å². The lowest BCUT2D eigenvalue weighted by molar-refractivity contribution is -0.198. The molecule has 10 nitrogen and oxygen atoms in total. The predicted octanol–water partition coefficient (Wildman–Crippen LogP) is 2.69. The Labute approximate surface area is 194 Å². The van der Waals surface area contributed by atoms with Crippen LogP contribution in [0.3, 0.4) is 0 Å². The van der Waals surface area contributed by atoms with Gasteiger partial charge in [-0.3, -0.25) is 14.3 Å². The van der Waals surface area contributed by atoms with Crippen LogP contribution in [0, 0.1) is 0 Å². The van der Waals surface area contributed by atoms with Gasteiger partial charge in [-0.15, -0.1) is 0 Å². The first-order chi connectivity index (χ1) is 15.8. The van der Waals surface area contributed by atoms with E-state index in [0.717, 1.165) is 19.4 Å². The van der Waals surface area contributed by atoms with Crippen molar-refractivity contribution in [2.75, 3.05) is 19.7 Å². The fourth-order valence-electron chi connectivity index (χ4n) is 4.61. The van der Waals surface area contributed by atoms with Crippen LogP contribution in [0.1, 0.15) is 60.1 Å². The van der Waals surface area contributed by atoms with Crippen molar-refractivity contribution < 1.29 is 23.7 Å². The molecule has 2 aliphatic heterocycles. The van der Waals surface area contributed by atoms with E-state index in [-0.39, 0.29) is 30.5 Å². The molecule has 0 amide bonds. The second-order valence-corrected chi connectivity index (χ2v) is 9.36. The van der Waals surface area contributed by atoms with Crippen molar-refractivity contribution in [3.63, 3.8) is 0 Å². The molecule has 4 heterocycles. The number of carbonyl (C=O) groups excluding carboxylic acids is 1. The van der Waals surface area contributed by atoms with E-state index in [4.69, 9.17) is 18.9 Å². The van der Waals surface area contributed by atoms with Gasteiger partial charge in [0, 0.05) is 19.0 Å². The molecule has 10 heteroatoms. The van der Waals surface area contributed by atoms with Crippen LogP contribution in [-0.2, 0) is 23.7 Å². The summed E-state index contributed by atoms with van der Waals surface area (Å²) in [5.74, 6) is -0.822. The number of carbonyl (C=O) groups is 1. The van der Waals surface area contributed by atoms with Crippen LogP contribution in [0.5, 0.6) is 0 Å². The third-order valence-corrected chi connectivity index (χ3v) is 6.16. The van der Waals surface area contributed by atoms with E-state index in [1.165, 1.54) is 6.33 Å². The number of nitrogens with zero attached hydrogens (tertiary/aromatic N) is 5. The molecule has 0 N–H and O–H groups in total. The normalized spacial score (nSPS) is 26.4. The molecule has 0 radical (unpaired) electrons. The first-order valence-corrected chi connectivity index (χ1v) is 11.8. The van der Waals surface area contributed by atoms with E-state index >= 15 is 0 Å². The molecule has 0 aliphatic carbocycles. The van der Waals surface area contributed by atoms with Gasteiger partial charge in [-0.2, -0.15) is 0 Å². The number of ether oxygens (including phenoxy) is 4. The minimum Gasteiger partial charge on any atom is -0.466 e. The molecule has 0 aromatic carbocycles. The lowest BCUT2D eigenvalue weighted by Crippen LogP contribution is -2.43. The quantitative estimate of drug-likeness (QED) is 0.390. The average Bonchev–Trinajstić information content (AvgIpc) is 3.41. The van der Waals surface area contributed by atoms with Crippen molar-refractivity contribution in [1.29, 1.82) is 0 Å². The summed E-state index contributed by atoms with van der Waals surface area (Å²) in [7, 11) is 0. The van der Waals surface area contributed by atoms with Gasteiger partial charge in [0.05, 0.1) is 19.1 Å². The number of imidazole rings is 1. The third kappa shape index (κ3) is 5.34. The summed E-state index contributed by atoms with van der Waals surface area (Å²) >= 11 is 0. The van der Waals surface area contributed by atoms with Gasteiger partial charge >= 0.3 is 5.97 Å². The van der Waals surface area contributed by atoms with Crippen molar-refractivity contribution in [2.45, 2.75) is 90.2 Å². The molecular formula is C23H35N5O5. The summed E-state index contributed by atoms with van der Waals surface area (Å²) in [6, 6.07) is 0.325. The van der Waals surface area contributed by atoms with E-state index in [1.807, 2.05) is 25.3 Å². The summed E-state index contributed by atoms with van der Waals surface area (Å²) in [5, 5.41) is 0. The molecule has 2 fully saturated rings. The minimum absolute atomic E-state index is 0.131. The molecule has 2 aliphatic rings. The Bertz CT molecular complexity index is 948. The Balaban J connectivity index is 1.45.